The number of benzene rings is 9. The van der Waals surface area contributed by atoms with Crippen molar-refractivity contribution >= 4 is 59.6 Å². The summed E-state index contributed by atoms with van der Waals surface area (Å²) in [6, 6.07) is 83.4. The average molecular weight is 771 g/mol. The first-order chi connectivity index (χ1) is 29.2. The number of hydrogen-bond acceptors (Lipinski definition) is 2. The van der Waals surface area contributed by atoms with Gasteiger partial charge in [-0.15, -0.1) is 11.3 Å². The van der Waals surface area contributed by atoms with Crippen molar-refractivity contribution in [2.45, 2.75) is 0 Å². The molecule has 9 aromatic carbocycles. The molecule has 0 fully saturated rings. The van der Waals surface area contributed by atoms with E-state index in [-0.39, 0.29) is 0 Å². The standard InChI is InChI=1S/C56H38N2S/c1-4-13-39(14-5-1)42-23-30-47(31-24-42)57(48-32-25-43(26-33-48)40-15-6-2-7-16-40)50-20-12-19-45(37-50)44-27-34-49(35-28-44)58-53-22-11-10-21-51(53)56-55(58)52-38-46(29-36-54(52)59-56)41-17-8-3-9-18-41/h1-38H. The Hall–Kier alpha value is -7.46. The molecule has 0 unspecified atom stereocenters. The van der Waals surface area contributed by atoms with Gasteiger partial charge in [0, 0.05) is 38.2 Å². The number of fused-ring (bicyclic) bond motifs is 5. The number of nitrogens with zero attached hydrogens (tertiary/aromatic N) is 2. The summed E-state index contributed by atoms with van der Waals surface area (Å²) in [7, 11) is 0. The highest BCUT2D eigenvalue weighted by Gasteiger charge is 2.19. The van der Waals surface area contributed by atoms with Gasteiger partial charge in [0.2, 0.25) is 0 Å². The Labute approximate surface area is 348 Å². The zero-order chi connectivity index (χ0) is 39.1. The van der Waals surface area contributed by atoms with Crippen LogP contribution in [0.15, 0.2) is 231 Å². The summed E-state index contributed by atoms with van der Waals surface area (Å²) in [5, 5.41) is 2.57. The molecule has 0 N–H and O–H groups in total. The second-order valence-electron chi connectivity index (χ2n) is 15.0. The molecule has 0 spiro atoms. The van der Waals surface area contributed by atoms with Gasteiger partial charge in [-0.3, -0.25) is 0 Å². The lowest BCUT2D eigenvalue weighted by molar-refractivity contribution is 1.19. The third-order valence-electron chi connectivity index (χ3n) is 11.4. The van der Waals surface area contributed by atoms with Gasteiger partial charge in [-0.25, -0.2) is 0 Å². The quantitative estimate of drug-likeness (QED) is 0.149. The van der Waals surface area contributed by atoms with Gasteiger partial charge >= 0.3 is 0 Å². The van der Waals surface area contributed by atoms with E-state index in [2.05, 4.69) is 240 Å². The Morgan fingerprint density at radius 1 is 0.322 bits per heavy atom. The maximum absolute atomic E-state index is 2.46. The second-order valence-corrected chi connectivity index (χ2v) is 16.0. The van der Waals surface area contributed by atoms with Crippen LogP contribution in [-0.2, 0) is 0 Å². The Morgan fingerprint density at radius 3 is 1.39 bits per heavy atom. The topological polar surface area (TPSA) is 8.17 Å². The molecule has 3 heteroatoms. The number of anilines is 3. The van der Waals surface area contributed by atoms with Crippen LogP contribution in [0.3, 0.4) is 0 Å². The lowest BCUT2D eigenvalue weighted by atomic mass is 10.0. The van der Waals surface area contributed by atoms with E-state index in [4.69, 9.17) is 0 Å². The monoisotopic (exact) mass is 770 g/mol. The normalized spacial score (nSPS) is 11.4. The summed E-state index contributed by atoms with van der Waals surface area (Å²) in [6.45, 7) is 0. The number of thiophene rings is 1. The van der Waals surface area contributed by atoms with Crippen LogP contribution in [0.5, 0.6) is 0 Å². The molecule has 0 radical (unpaired) electrons. The van der Waals surface area contributed by atoms with Crippen LogP contribution in [0.4, 0.5) is 17.1 Å². The van der Waals surface area contributed by atoms with Gasteiger partial charge in [0.25, 0.3) is 0 Å². The molecular formula is C56H38N2S. The SMILES string of the molecule is c1ccc(-c2ccc(N(c3ccc(-c4ccccc4)cc3)c3cccc(-c4ccc(-n5c6ccccc6c6sc7ccc(-c8ccccc8)cc7c65)cc4)c3)cc2)cc1. The molecule has 11 rings (SSSR count). The van der Waals surface area contributed by atoms with E-state index in [0.29, 0.717) is 0 Å². The van der Waals surface area contributed by atoms with E-state index in [0.717, 1.165) is 28.3 Å². The summed E-state index contributed by atoms with van der Waals surface area (Å²) in [5.74, 6) is 0. The first kappa shape index (κ1) is 34.8. The smallest absolute Gasteiger partial charge is 0.0727 e. The van der Waals surface area contributed by atoms with Gasteiger partial charge in [-0.1, -0.05) is 164 Å². The highest BCUT2D eigenvalue weighted by atomic mass is 32.1. The fourth-order valence-corrected chi connectivity index (χ4v) is 9.69. The van der Waals surface area contributed by atoms with Gasteiger partial charge in [-0.05, 0) is 111 Å². The van der Waals surface area contributed by atoms with Crippen molar-refractivity contribution in [2.75, 3.05) is 4.90 Å². The molecular weight excluding hydrogens is 733 g/mol. The zero-order valence-electron chi connectivity index (χ0n) is 32.2. The summed E-state index contributed by atoms with van der Waals surface area (Å²) in [4.78, 5) is 2.36. The van der Waals surface area contributed by atoms with E-state index in [9.17, 15) is 0 Å². The van der Waals surface area contributed by atoms with E-state index < -0.39 is 0 Å². The van der Waals surface area contributed by atoms with Crippen LogP contribution < -0.4 is 4.90 Å². The molecule has 0 bridgehead atoms. The fraction of sp³-hybridized carbons (Fsp3) is 0. The molecule has 0 aliphatic rings. The molecule has 0 atom stereocenters. The molecule has 0 saturated carbocycles. The number of hydrogen-bond donors (Lipinski definition) is 0. The van der Waals surface area contributed by atoms with E-state index in [1.807, 2.05) is 11.3 Å². The Kier molecular flexibility index (Phi) is 8.72. The number of para-hydroxylation sites is 1. The van der Waals surface area contributed by atoms with Gasteiger partial charge in [0.15, 0.2) is 0 Å². The van der Waals surface area contributed by atoms with E-state index in [1.165, 1.54) is 70.1 Å². The second kappa shape index (κ2) is 14.8. The average Bonchev–Trinajstić information content (AvgIpc) is 3.85. The minimum absolute atomic E-state index is 1.10. The molecule has 0 amide bonds. The third kappa shape index (κ3) is 6.39. The lowest BCUT2D eigenvalue weighted by Crippen LogP contribution is -2.10. The Morgan fingerprint density at radius 2 is 0.780 bits per heavy atom. The van der Waals surface area contributed by atoms with Crippen LogP contribution in [0.25, 0.3) is 81.4 Å². The van der Waals surface area contributed by atoms with Crippen molar-refractivity contribution < 1.29 is 0 Å². The predicted molar refractivity (Wildman–Crippen MR) is 253 cm³/mol. The first-order valence-electron chi connectivity index (χ1n) is 20.1. The molecule has 2 aromatic heterocycles. The largest absolute Gasteiger partial charge is 0.310 e. The molecule has 2 heterocycles. The van der Waals surface area contributed by atoms with Gasteiger partial charge in [0.05, 0.1) is 15.7 Å². The van der Waals surface area contributed by atoms with Crippen molar-refractivity contribution in [3.63, 3.8) is 0 Å². The minimum atomic E-state index is 1.10. The zero-order valence-corrected chi connectivity index (χ0v) is 33.1. The highest BCUT2D eigenvalue weighted by molar-refractivity contribution is 7.26. The minimum Gasteiger partial charge on any atom is -0.310 e. The highest BCUT2D eigenvalue weighted by Crippen LogP contribution is 2.44. The van der Waals surface area contributed by atoms with Crippen LogP contribution in [0.1, 0.15) is 0 Å². The maximum atomic E-state index is 2.46. The molecule has 0 saturated heterocycles. The maximum Gasteiger partial charge on any atom is 0.0727 e. The van der Waals surface area contributed by atoms with Crippen molar-refractivity contribution in [1.82, 2.24) is 4.57 Å². The van der Waals surface area contributed by atoms with Crippen LogP contribution in [0.2, 0.25) is 0 Å². The van der Waals surface area contributed by atoms with Crippen molar-refractivity contribution in [1.29, 1.82) is 0 Å². The Bertz CT molecular complexity index is 3140. The Balaban J connectivity index is 0.985. The van der Waals surface area contributed by atoms with E-state index in [1.54, 1.807) is 0 Å². The van der Waals surface area contributed by atoms with Crippen LogP contribution in [-0.4, -0.2) is 4.57 Å². The summed E-state index contributed by atoms with van der Waals surface area (Å²) in [5.41, 5.74) is 16.6. The van der Waals surface area contributed by atoms with Crippen molar-refractivity contribution in [2.24, 2.45) is 0 Å². The van der Waals surface area contributed by atoms with Gasteiger partial charge in [0.1, 0.15) is 0 Å². The molecule has 278 valence electrons. The fourth-order valence-electron chi connectivity index (χ4n) is 8.49. The number of aromatic nitrogens is 1. The summed E-state index contributed by atoms with van der Waals surface area (Å²) < 4.78 is 5.08. The first-order valence-corrected chi connectivity index (χ1v) is 20.9. The lowest BCUT2D eigenvalue weighted by Gasteiger charge is -2.26. The molecule has 11 aromatic rings. The molecule has 2 nitrogen and oxygen atoms in total. The summed E-state index contributed by atoms with van der Waals surface area (Å²) >= 11 is 1.88. The van der Waals surface area contributed by atoms with Crippen LogP contribution in [0, 0.1) is 0 Å². The van der Waals surface area contributed by atoms with Crippen molar-refractivity contribution in [3.05, 3.63) is 231 Å². The summed E-state index contributed by atoms with van der Waals surface area (Å²) in [6.07, 6.45) is 0. The molecule has 0 aliphatic heterocycles. The van der Waals surface area contributed by atoms with Gasteiger partial charge < -0.3 is 9.47 Å². The van der Waals surface area contributed by atoms with Gasteiger partial charge in [-0.2, -0.15) is 0 Å². The van der Waals surface area contributed by atoms with E-state index >= 15 is 0 Å². The van der Waals surface area contributed by atoms with Crippen LogP contribution >= 0.6 is 11.3 Å². The van der Waals surface area contributed by atoms with Crippen molar-refractivity contribution in [3.8, 4) is 50.2 Å². The third-order valence-corrected chi connectivity index (χ3v) is 12.6. The number of rotatable bonds is 8. The predicted octanol–water partition coefficient (Wildman–Crippen LogP) is 16.1. The molecule has 0 aliphatic carbocycles. The molecule has 59 heavy (non-hydrogen) atoms.